The van der Waals surface area contributed by atoms with Crippen LogP contribution >= 0.6 is 0 Å². The van der Waals surface area contributed by atoms with Crippen molar-refractivity contribution >= 4 is 11.8 Å². The second kappa shape index (κ2) is 6.66. The van der Waals surface area contributed by atoms with Crippen molar-refractivity contribution in [2.24, 2.45) is 0 Å². The van der Waals surface area contributed by atoms with E-state index in [0.717, 1.165) is 0 Å². The van der Waals surface area contributed by atoms with Gasteiger partial charge in [0.1, 0.15) is 6.26 Å². The highest BCUT2D eigenvalue weighted by atomic mass is 16.3. The third-order valence-corrected chi connectivity index (χ3v) is 4.00. The standard InChI is InChI=1S/C17H18N2O4/c20-15(13-4-2-1-3-5-13)17(22)19-9-7-18(8-10-19)16(21)14-6-11-23-12-14/h1-6,11-12,15,20H,7-10H2. The van der Waals surface area contributed by atoms with Gasteiger partial charge in [0.05, 0.1) is 11.8 Å². The fourth-order valence-electron chi connectivity index (χ4n) is 2.65. The molecule has 0 radical (unpaired) electrons. The molecule has 1 fully saturated rings. The van der Waals surface area contributed by atoms with Crippen molar-refractivity contribution in [3.8, 4) is 0 Å². The van der Waals surface area contributed by atoms with Crippen molar-refractivity contribution < 1.29 is 19.1 Å². The van der Waals surface area contributed by atoms with Crippen molar-refractivity contribution in [2.75, 3.05) is 26.2 Å². The summed E-state index contributed by atoms with van der Waals surface area (Å²) in [6, 6.07) is 10.5. The van der Waals surface area contributed by atoms with E-state index < -0.39 is 6.10 Å². The largest absolute Gasteiger partial charge is 0.472 e. The smallest absolute Gasteiger partial charge is 0.257 e. The maximum absolute atomic E-state index is 12.4. The number of furan rings is 1. The Hall–Kier alpha value is -2.60. The molecule has 1 N–H and O–H groups in total. The number of rotatable bonds is 3. The lowest BCUT2D eigenvalue weighted by Gasteiger charge is -2.35. The number of carbonyl (C=O) groups is 2. The zero-order valence-electron chi connectivity index (χ0n) is 12.6. The molecule has 1 atom stereocenters. The van der Waals surface area contributed by atoms with E-state index in [9.17, 15) is 14.7 Å². The van der Waals surface area contributed by atoms with Gasteiger partial charge in [-0.3, -0.25) is 9.59 Å². The van der Waals surface area contributed by atoms with Crippen LogP contribution in [0, 0.1) is 0 Å². The first-order valence-corrected chi connectivity index (χ1v) is 7.50. The van der Waals surface area contributed by atoms with Gasteiger partial charge in [-0.2, -0.15) is 0 Å². The van der Waals surface area contributed by atoms with Gasteiger partial charge in [0.2, 0.25) is 0 Å². The highest BCUT2D eigenvalue weighted by molar-refractivity contribution is 5.94. The van der Waals surface area contributed by atoms with Crippen LogP contribution in [-0.2, 0) is 4.79 Å². The summed E-state index contributed by atoms with van der Waals surface area (Å²) in [5.74, 6) is -0.430. The van der Waals surface area contributed by atoms with E-state index in [4.69, 9.17) is 4.42 Å². The first-order valence-electron chi connectivity index (χ1n) is 7.50. The normalized spacial score (nSPS) is 16.2. The Morgan fingerprint density at radius 3 is 2.26 bits per heavy atom. The van der Waals surface area contributed by atoms with Gasteiger partial charge in [-0.15, -0.1) is 0 Å². The molecule has 6 nitrogen and oxygen atoms in total. The van der Waals surface area contributed by atoms with Crippen LogP contribution < -0.4 is 0 Å². The van der Waals surface area contributed by atoms with Gasteiger partial charge in [0.15, 0.2) is 6.10 Å². The summed E-state index contributed by atoms with van der Waals surface area (Å²) in [7, 11) is 0. The van der Waals surface area contributed by atoms with Crippen molar-refractivity contribution in [1.29, 1.82) is 0 Å². The second-order valence-electron chi connectivity index (χ2n) is 5.44. The number of nitrogens with zero attached hydrogens (tertiary/aromatic N) is 2. The predicted molar refractivity (Wildman–Crippen MR) is 82.6 cm³/mol. The summed E-state index contributed by atoms with van der Waals surface area (Å²) in [5, 5.41) is 10.2. The van der Waals surface area contributed by atoms with E-state index in [1.807, 2.05) is 6.07 Å². The molecule has 1 saturated heterocycles. The van der Waals surface area contributed by atoms with Gasteiger partial charge < -0.3 is 19.3 Å². The lowest BCUT2D eigenvalue weighted by molar-refractivity contribution is -0.142. The van der Waals surface area contributed by atoms with Crippen LogP contribution in [0.5, 0.6) is 0 Å². The van der Waals surface area contributed by atoms with Crippen LogP contribution in [0.25, 0.3) is 0 Å². The zero-order valence-corrected chi connectivity index (χ0v) is 12.6. The number of benzene rings is 1. The minimum absolute atomic E-state index is 0.102. The third-order valence-electron chi connectivity index (χ3n) is 4.00. The highest BCUT2D eigenvalue weighted by Crippen LogP contribution is 2.17. The lowest BCUT2D eigenvalue weighted by atomic mass is 10.1. The average Bonchev–Trinajstić information content (AvgIpc) is 3.15. The third kappa shape index (κ3) is 3.27. The summed E-state index contributed by atoms with van der Waals surface area (Å²) in [5.41, 5.74) is 1.09. The first kappa shape index (κ1) is 15.3. The topological polar surface area (TPSA) is 74.0 Å². The lowest BCUT2D eigenvalue weighted by Crippen LogP contribution is -2.51. The van der Waals surface area contributed by atoms with Crippen LogP contribution in [0.15, 0.2) is 53.3 Å². The van der Waals surface area contributed by atoms with Crippen LogP contribution in [0.4, 0.5) is 0 Å². The molecule has 1 aliphatic rings. The zero-order chi connectivity index (χ0) is 16.2. The maximum Gasteiger partial charge on any atom is 0.257 e. The molecular weight excluding hydrogens is 296 g/mol. The van der Waals surface area contributed by atoms with Crippen molar-refractivity contribution in [2.45, 2.75) is 6.10 Å². The molecule has 2 heterocycles. The van der Waals surface area contributed by atoms with Crippen LogP contribution in [-0.4, -0.2) is 52.9 Å². The molecule has 1 aromatic carbocycles. The maximum atomic E-state index is 12.4. The molecule has 0 saturated carbocycles. The van der Waals surface area contributed by atoms with E-state index in [2.05, 4.69) is 0 Å². The molecule has 2 aromatic rings. The van der Waals surface area contributed by atoms with E-state index in [-0.39, 0.29) is 11.8 Å². The monoisotopic (exact) mass is 314 g/mol. The Labute approximate surface area is 133 Å². The Morgan fingerprint density at radius 1 is 1.00 bits per heavy atom. The van der Waals surface area contributed by atoms with Crippen LogP contribution in [0.2, 0.25) is 0 Å². The quantitative estimate of drug-likeness (QED) is 0.926. The Morgan fingerprint density at radius 2 is 1.65 bits per heavy atom. The molecule has 120 valence electrons. The minimum atomic E-state index is -1.16. The van der Waals surface area contributed by atoms with Gasteiger partial charge in [-0.05, 0) is 11.6 Å². The van der Waals surface area contributed by atoms with Crippen molar-refractivity contribution in [1.82, 2.24) is 9.80 Å². The van der Waals surface area contributed by atoms with Crippen molar-refractivity contribution in [3.63, 3.8) is 0 Å². The summed E-state index contributed by atoms with van der Waals surface area (Å²) in [6.45, 7) is 1.70. The Kier molecular flexibility index (Phi) is 4.43. The summed E-state index contributed by atoms with van der Waals surface area (Å²) in [6.07, 6.45) is 1.72. The van der Waals surface area contributed by atoms with Gasteiger partial charge in [-0.25, -0.2) is 0 Å². The summed E-state index contributed by atoms with van der Waals surface area (Å²) >= 11 is 0. The molecule has 0 bridgehead atoms. The molecule has 2 amide bonds. The van der Waals surface area contributed by atoms with Crippen LogP contribution in [0.3, 0.4) is 0 Å². The second-order valence-corrected chi connectivity index (χ2v) is 5.44. The molecule has 1 aromatic heterocycles. The summed E-state index contributed by atoms with van der Waals surface area (Å²) < 4.78 is 4.92. The fraction of sp³-hybridized carbons (Fsp3) is 0.294. The number of amides is 2. The number of hydrogen-bond acceptors (Lipinski definition) is 4. The van der Waals surface area contributed by atoms with Crippen molar-refractivity contribution in [3.05, 3.63) is 60.1 Å². The number of aliphatic hydroxyl groups excluding tert-OH is 1. The molecule has 23 heavy (non-hydrogen) atoms. The van der Waals surface area contributed by atoms with E-state index >= 15 is 0 Å². The minimum Gasteiger partial charge on any atom is -0.472 e. The number of hydrogen-bond donors (Lipinski definition) is 1. The van der Waals surface area contributed by atoms with E-state index in [1.54, 1.807) is 40.1 Å². The highest BCUT2D eigenvalue weighted by Gasteiger charge is 2.29. The SMILES string of the molecule is O=C(c1ccoc1)N1CCN(C(=O)C(O)c2ccccc2)CC1. The molecule has 3 rings (SSSR count). The van der Waals surface area contributed by atoms with Gasteiger partial charge in [0.25, 0.3) is 11.8 Å². The van der Waals surface area contributed by atoms with E-state index in [0.29, 0.717) is 37.3 Å². The number of aliphatic hydroxyl groups is 1. The summed E-state index contributed by atoms with van der Waals surface area (Å²) in [4.78, 5) is 27.8. The molecule has 1 aliphatic heterocycles. The molecule has 0 aliphatic carbocycles. The average molecular weight is 314 g/mol. The van der Waals surface area contributed by atoms with Gasteiger partial charge >= 0.3 is 0 Å². The first-order chi connectivity index (χ1) is 11.2. The predicted octanol–water partition coefficient (Wildman–Crippen LogP) is 1.30. The van der Waals surface area contributed by atoms with Gasteiger partial charge in [0, 0.05) is 26.2 Å². The molecule has 0 spiro atoms. The van der Waals surface area contributed by atoms with Gasteiger partial charge in [-0.1, -0.05) is 30.3 Å². The fourth-order valence-corrected chi connectivity index (χ4v) is 2.65. The molecule has 6 heteroatoms. The number of carbonyl (C=O) groups excluding carboxylic acids is 2. The Bertz CT molecular complexity index is 661. The Balaban J connectivity index is 1.58. The van der Waals surface area contributed by atoms with E-state index in [1.165, 1.54) is 12.5 Å². The van der Waals surface area contributed by atoms with Crippen LogP contribution in [0.1, 0.15) is 22.0 Å². The number of piperazine rings is 1. The molecular formula is C17H18N2O4. The molecule has 1 unspecified atom stereocenters.